The average molecular weight is 126 g/mol. The van der Waals surface area contributed by atoms with Crippen LogP contribution in [0.5, 0.6) is 0 Å². The van der Waals surface area contributed by atoms with Crippen LogP contribution in [-0.2, 0) is 4.79 Å². The highest BCUT2D eigenvalue weighted by Gasteiger charge is 2.05. The molecule has 2 atom stereocenters. The van der Waals surface area contributed by atoms with Gasteiger partial charge in [0.2, 0.25) is 0 Å². The molecule has 9 heavy (non-hydrogen) atoms. The predicted octanol–water partition coefficient (Wildman–Crippen LogP) is 2.03. The standard InChI is InChI=1S/C8H14O/c1-4-5-7(2)8(3)6-9/h4-8H,1-3H3/b5-4+/t7-,8-/m1/s1. The van der Waals surface area contributed by atoms with Crippen LogP contribution in [0.2, 0.25) is 0 Å². The van der Waals surface area contributed by atoms with Crippen molar-refractivity contribution in [2.75, 3.05) is 0 Å². The second-order valence-electron chi connectivity index (χ2n) is 2.38. The van der Waals surface area contributed by atoms with Crippen molar-refractivity contribution in [1.29, 1.82) is 0 Å². The molecule has 0 aliphatic heterocycles. The van der Waals surface area contributed by atoms with E-state index in [1.807, 2.05) is 32.9 Å². The molecule has 0 amide bonds. The van der Waals surface area contributed by atoms with Gasteiger partial charge in [0.15, 0.2) is 0 Å². The van der Waals surface area contributed by atoms with E-state index in [4.69, 9.17) is 0 Å². The van der Waals surface area contributed by atoms with Crippen molar-refractivity contribution >= 4 is 6.29 Å². The molecule has 0 N–H and O–H groups in total. The predicted molar refractivity (Wildman–Crippen MR) is 39.2 cm³/mol. The van der Waals surface area contributed by atoms with Gasteiger partial charge in [-0.1, -0.05) is 26.0 Å². The number of carbonyl (C=O) groups is 1. The number of hydrogen-bond donors (Lipinski definition) is 0. The first-order valence-electron chi connectivity index (χ1n) is 3.30. The zero-order valence-corrected chi connectivity index (χ0v) is 6.29. The number of allylic oxidation sites excluding steroid dienone is 2. The summed E-state index contributed by atoms with van der Waals surface area (Å²) in [6, 6.07) is 0. The van der Waals surface area contributed by atoms with Crippen LogP contribution in [0, 0.1) is 11.8 Å². The molecule has 0 aliphatic rings. The Bertz CT molecular complexity index is 105. The topological polar surface area (TPSA) is 17.1 Å². The highest BCUT2D eigenvalue weighted by molar-refractivity contribution is 5.53. The van der Waals surface area contributed by atoms with E-state index >= 15 is 0 Å². The molecule has 1 nitrogen and oxygen atoms in total. The smallest absolute Gasteiger partial charge is 0.123 e. The van der Waals surface area contributed by atoms with E-state index < -0.39 is 0 Å². The zero-order chi connectivity index (χ0) is 7.28. The van der Waals surface area contributed by atoms with Crippen molar-refractivity contribution in [2.24, 2.45) is 11.8 Å². The molecule has 0 aromatic rings. The van der Waals surface area contributed by atoms with Crippen molar-refractivity contribution in [1.82, 2.24) is 0 Å². The second kappa shape index (κ2) is 4.30. The summed E-state index contributed by atoms with van der Waals surface area (Å²) in [7, 11) is 0. The Morgan fingerprint density at radius 2 is 1.78 bits per heavy atom. The first kappa shape index (κ1) is 8.41. The summed E-state index contributed by atoms with van der Waals surface area (Å²) in [6.07, 6.45) is 5.01. The van der Waals surface area contributed by atoms with E-state index in [2.05, 4.69) is 0 Å². The molecule has 0 bridgehead atoms. The van der Waals surface area contributed by atoms with Gasteiger partial charge in [-0.2, -0.15) is 0 Å². The first-order valence-corrected chi connectivity index (χ1v) is 3.30. The summed E-state index contributed by atoms with van der Waals surface area (Å²) in [5.74, 6) is 0.536. The Hall–Kier alpha value is -0.590. The lowest BCUT2D eigenvalue weighted by atomic mass is 9.97. The van der Waals surface area contributed by atoms with Crippen molar-refractivity contribution in [3.8, 4) is 0 Å². The molecule has 0 saturated carbocycles. The summed E-state index contributed by atoms with van der Waals surface area (Å²) >= 11 is 0. The van der Waals surface area contributed by atoms with Gasteiger partial charge in [0.25, 0.3) is 0 Å². The quantitative estimate of drug-likeness (QED) is 0.417. The van der Waals surface area contributed by atoms with E-state index in [9.17, 15) is 4.79 Å². The molecule has 0 aliphatic carbocycles. The zero-order valence-electron chi connectivity index (χ0n) is 6.29. The van der Waals surface area contributed by atoms with Crippen LogP contribution in [0.3, 0.4) is 0 Å². The lowest BCUT2D eigenvalue weighted by Gasteiger charge is -2.06. The van der Waals surface area contributed by atoms with Gasteiger partial charge >= 0.3 is 0 Å². The largest absolute Gasteiger partial charge is 0.303 e. The van der Waals surface area contributed by atoms with E-state index in [1.165, 1.54) is 0 Å². The lowest BCUT2D eigenvalue weighted by Crippen LogP contribution is -2.05. The van der Waals surface area contributed by atoms with Crippen LogP contribution in [0.15, 0.2) is 12.2 Å². The Kier molecular flexibility index (Phi) is 4.02. The van der Waals surface area contributed by atoms with Crippen LogP contribution in [-0.4, -0.2) is 6.29 Å². The van der Waals surface area contributed by atoms with Crippen LogP contribution in [0.4, 0.5) is 0 Å². The summed E-state index contributed by atoms with van der Waals surface area (Å²) in [4.78, 5) is 10.2. The monoisotopic (exact) mass is 126 g/mol. The van der Waals surface area contributed by atoms with Crippen LogP contribution in [0.1, 0.15) is 20.8 Å². The number of carbonyl (C=O) groups excluding carboxylic acids is 1. The fourth-order valence-corrected chi connectivity index (χ4v) is 0.603. The van der Waals surface area contributed by atoms with Crippen LogP contribution >= 0.6 is 0 Å². The molecule has 1 heteroatoms. The lowest BCUT2D eigenvalue weighted by molar-refractivity contribution is -0.111. The van der Waals surface area contributed by atoms with Crippen molar-refractivity contribution < 1.29 is 4.79 Å². The number of rotatable bonds is 3. The minimum absolute atomic E-state index is 0.154. The maximum Gasteiger partial charge on any atom is 0.123 e. The fourth-order valence-electron chi connectivity index (χ4n) is 0.603. The normalized spacial score (nSPS) is 17.7. The molecule has 0 aromatic heterocycles. The number of hydrogen-bond acceptors (Lipinski definition) is 1. The van der Waals surface area contributed by atoms with Gasteiger partial charge in [0, 0.05) is 5.92 Å². The van der Waals surface area contributed by atoms with Gasteiger partial charge in [0.1, 0.15) is 6.29 Å². The molecule has 0 rings (SSSR count). The average Bonchev–Trinajstić information content (AvgIpc) is 1.87. The molecule has 52 valence electrons. The third-order valence-electron chi connectivity index (χ3n) is 1.54. The minimum Gasteiger partial charge on any atom is -0.303 e. The van der Waals surface area contributed by atoms with E-state index in [0.29, 0.717) is 5.92 Å². The van der Waals surface area contributed by atoms with Gasteiger partial charge in [-0.05, 0) is 12.8 Å². The molecule has 0 saturated heterocycles. The second-order valence-corrected chi connectivity index (χ2v) is 2.38. The van der Waals surface area contributed by atoms with Crippen LogP contribution in [0.25, 0.3) is 0 Å². The molecule has 0 aromatic carbocycles. The molecular formula is C8H14O. The van der Waals surface area contributed by atoms with Gasteiger partial charge in [-0.15, -0.1) is 0 Å². The van der Waals surface area contributed by atoms with Gasteiger partial charge in [-0.25, -0.2) is 0 Å². The Balaban J connectivity index is 3.71. The molecule has 0 unspecified atom stereocenters. The van der Waals surface area contributed by atoms with Crippen molar-refractivity contribution in [2.45, 2.75) is 20.8 Å². The van der Waals surface area contributed by atoms with Crippen molar-refractivity contribution in [3.63, 3.8) is 0 Å². The van der Waals surface area contributed by atoms with Gasteiger partial charge in [-0.3, -0.25) is 0 Å². The fraction of sp³-hybridized carbons (Fsp3) is 0.625. The number of aldehydes is 1. The maximum absolute atomic E-state index is 10.2. The Labute approximate surface area is 56.8 Å². The summed E-state index contributed by atoms with van der Waals surface area (Å²) < 4.78 is 0. The van der Waals surface area contributed by atoms with E-state index in [0.717, 1.165) is 6.29 Å². The SMILES string of the molecule is C/C=C/[C@@H](C)[C@H](C)C=O. The highest BCUT2D eigenvalue weighted by atomic mass is 16.1. The Morgan fingerprint density at radius 1 is 1.22 bits per heavy atom. The molecular weight excluding hydrogens is 112 g/mol. The molecule has 0 heterocycles. The molecule has 0 radical (unpaired) electrons. The van der Waals surface area contributed by atoms with Crippen LogP contribution < -0.4 is 0 Å². The summed E-state index contributed by atoms with van der Waals surface area (Å²) in [6.45, 7) is 5.94. The minimum atomic E-state index is 0.154. The van der Waals surface area contributed by atoms with E-state index in [1.54, 1.807) is 0 Å². The van der Waals surface area contributed by atoms with Crippen molar-refractivity contribution in [3.05, 3.63) is 12.2 Å². The third-order valence-corrected chi connectivity index (χ3v) is 1.54. The Morgan fingerprint density at radius 3 is 2.11 bits per heavy atom. The molecule has 0 fully saturated rings. The summed E-state index contributed by atoms with van der Waals surface area (Å²) in [5, 5.41) is 0. The first-order chi connectivity index (χ1) is 4.22. The third kappa shape index (κ3) is 3.07. The van der Waals surface area contributed by atoms with Gasteiger partial charge in [0.05, 0.1) is 0 Å². The van der Waals surface area contributed by atoms with Gasteiger partial charge < -0.3 is 4.79 Å². The maximum atomic E-state index is 10.2. The van der Waals surface area contributed by atoms with E-state index in [-0.39, 0.29) is 5.92 Å². The highest BCUT2D eigenvalue weighted by Crippen LogP contribution is 2.08. The molecule has 0 spiro atoms. The summed E-state index contributed by atoms with van der Waals surface area (Å²) in [5.41, 5.74) is 0.